The van der Waals surface area contributed by atoms with Gasteiger partial charge in [-0.2, -0.15) is 0 Å². The molecule has 7 nitrogen and oxygen atoms in total. The number of nitrogens with zero attached hydrogens (tertiary/aromatic N) is 2. The van der Waals surface area contributed by atoms with Crippen LogP contribution in [0.1, 0.15) is 20.7 Å². The molecule has 1 aliphatic heterocycles. The zero-order valence-corrected chi connectivity index (χ0v) is 20.1. The van der Waals surface area contributed by atoms with E-state index in [4.69, 9.17) is 9.15 Å². The van der Waals surface area contributed by atoms with Gasteiger partial charge in [-0.15, -0.1) is 0 Å². The van der Waals surface area contributed by atoms with Gasteiger partial charge in [0.1, 0.15) is 32.0 Å². The number of carboxylic acids is 1. The van der Waals surface area contributed by atoms with Crippen molar-refractivity contribution in [2.24, 2.45) is 0 Å². The first-order chi connectivity index (χ1) is 16.7. The van der Waals surface area contributed by atoms with Crippen LogP contribution in [-0.4, -0.2) is 46.7 Å². The number of ether oxygens (including phenoxy) is 1. The standard InChI is InChI=1S/C28H26N2O5/c1-6-13-34-28(33)17-7-10-20(27(31)32)23(14-17)26-21-11-8-18(29(2)3)15-24(21)35-25-16-19(30(4)5)9-12-22(25)26/h6-12,14-16H,1,13H2,2-5H3. The second-order valence-electron chi connectivity index (χ2n) is 8.56. The molecule has 4 rings (SSSR count). The zero-order chi connectivity index (χ0) is 25.3. The first kappa shape index (κ1) is 23.8. The van der Waals surface area contributed by atoms with E-state index in [9.17, 15) is 14.7 Å². The van der Waals surface area contributed by atoms with E-state index in [0.717, 1.165) is 11.0 Å². The SMILES string of the molecule is C=CCOC(=O)c1ccc(C(=O)[O-])c(-c2c3ccc(=[N+](C)C)cc-3oc3cc(N(C)C)ccc23)c1. The molecule has 2 aliphatic rings. The van der Waals surface area contributed by atoms with E-state index in [2.05, 4.69) is 6.58 Å². The number of aromatic carboxylic acids is 1. The van der Waals surface area contributed by atoms with Gasteiger partial charge in [0.2, 0.25) is 5.36 Å². The lowest BCUT2D eigenvalue weighted by molar-refractivity contribution is -0.254. The highest BCUT2D eigenvalue weighted by Crippen LogP contribution is 2.42. The lowest BCUT2D eigenvalue weighted by Crippen LogP contribution is -2.23. The Morgan fingerprint density at radius 3 is 2.49 bits per heavy atom. The molecule has 35 heavy (non-hydrogen) atoms. The summed E-state index contributed by atoms with van der Waals surface area (Å²) in [6, 6.07) is 15.8. The minimum atomic E-state index is -1.34. The van der Waals surface area contributed by atoms with Gasteiger partial charge < -0.3 is 24.0 Å². The van der Waals surface area contributed by atoms with Crippen molar-refractivity contribution in [3.63, 3.8) is 0 Å². The summed E-state index contributed by atoms with van der Waals surface area (Å²) in [5.74, 6) is -1.34. The summed E-state index contributed by atoms with van der Waals surface area (Å²) in [5.41, 5.74) is 3.39. The molecule has 0 bridgehead atoms. The minimum Gasteiger partial charge on any atom is -0.545 e. The summed E-state index contributed by atoms with van der Waals surface area (Å²) in [4.78, 5) is 26.7. The maximum Gasteiger partial charge on any atom is 0.338 e. The highest BCUT2D eigenvalue weighted by Gasteiger charge is 2.22. The van der Waals surface area contributed by atoms with Gasteiger partial charge in [0.05, 0.1) is 17.6 Å². The van der Waals surface area contributed by atoms with Crippen molar-refractivity contribution >= 4 is 28.6 Å². The van der Waals surface area contributed by atoms with Crippen LogP contribution in [0.3, 0.4) is 0 Å². The predicted molar refractivity (Wildman–Crippen MR) is 135 cm³/mol. The molecule has 0 fully saturated rings. The molecule has 0 atom stereocenters. The van der Waals surface area contributed by atoms with Crippen molar-refractivity contribution in [3.05, 3.63) is 83.7 Å². The first-order valence-corrected chi connectivity index (χ1v) is 11.0. The average molecular weight is 471 g/mol. The summed E-state index contributed by atoms with van der Waals surface area (Å²) in [6.07, 6.45) is 1.47. The first-order valence-electron chi connectivity index (χ1n) is 11.0. The number of hydrogen-bond donors (Lipinski definition) is 0. The maximum absolute atomic E-state index is 12.6. The van der Waals surface area contributed by atoms with Crippen LogP contribution in [0, 0.1) is 0 Å². The largest absolute Gasteiger partial charge is 0.545 e. The topological polar surface area (TPSA) is 85.8 Å². The van der Waals surface area contributed by atoms with Gasteiger partial charge in [-0.25, -0.2) is 9.37 Å². The number of esters is 1. The van der Waals surface area contributed by atoms with Crippen LogP contribution in [-0.2, 0) is 4.74 Å². The molecule has 0 aromatic heterocycles. The van der Waals surface area contributed by atoms with Crippen molar-refractivity contribution in [2.45, 2.75) is 0 Å². The van der Waals surface area contributed by atoms with Crippen molar-refractivity contribution in [1.82, 2.24) is 4.58 Å². The number of benzene rings is 3. The number of carbonyl (C=O) groups is 2. The fraction of sp³-hybridized carbons (Fsp3) is 0.179. The summed E-state index contributed by atoms with van der Waals surface area (Å²) < 4.78 is 13.4. The molecule has 0 saturated heterocycles. The van der Waals surface area contributed by atoms with Crippen LogP contribution < -0.4 is 19.9 Å². The van der Waals surface area contributed by atoms with Crippen LogP contribution in [0.15, 0.2) is 71.7 Å². The Balaban J connectivity index is 2.12. The lowest BCUT2D eigenvalue weighted by Gasteiger charge is -2.20. The van der Waals surface area contributed by atoms with Crippen molar-refractivity contribution in [2.75, 3.05) is 39.7 Å². The van der Waals surface area contributed by atoms with Crippen molar-refractivity contribution in [1.29, 1.82) is 0 Å². The number of fused-ring (bicyclic) bond motifs is 2. The second kappa shape index (κ2) is 9.46. The molecule has 0 spiro atoms. The van der Waals surface area contributed by atoms with E-state index in [-0.39, 0.29) is 17.7 Å². The summed E-state index contributed by atoms with van der Waals surface area (Å²) >= 11 is 0. The average Bonchev–Trinajstić information content (AvgIpc) is 2.84. The second-order valence-corrected chi connectivity index (χ2v) is 8.56. The van der Waals surface area contributed by atoms with E-state index in [0.29, 0.717) is 33.4 Å². The van der Waals surface area contributed by atoms with Gasteiger partial charge in [0.15, 0.2) is 0 Å². The fourth-order valence-electron chi connectivity index (χ4n) is 3.99. The van der Waals surface area contributed by atoms with Crippen LogP contribution in [0.2, 0.25) is 0 Å². The molecule has 178 valence electrons. The summed E-state index contributed by atoms with van der Waals surface area (Å²) in [5, 5.41) is 13.8. The predicted octanol–water partition coefficient (Wildman–Crippen LogP) is 3.01. The molecular formula is C28H26N2O5. The molecule has 1 heterocycles. The van der Waals surface area contributed by atoms with Gasteiger partial charge in [-0.1, -0.05) is 18.7 Å². The zero-order valence-electron chi connectivity index (χ0n) is 20.1. The molecule has 2 aromatic carbocycles. The normalized spacial score (nSPS) is 10.9. The Kier molecular flexibility index (Phi) is 6.42. The van der Waals surface area contributed by atoms with Gasteiger partial charge >= 0.3 is 5.97 Å². The van der Waals surface area contributed by atoms with Crippen LogP contribution in [0.4, 0.5) is 5.69 Å². The van der Waals surface area contributed by atoms with E-state index in [1.165, 1.54) is 24.3 Å². The van der Waals surface area contributed by atoms with E-state index < -0.39 is 11.9 Å². The minimum absolute atomic E-state index is 0.0348. The quantitative estimate of drug-likeness (QED) is 0.186. The lowest BCUT2D eigenvalue weighted by atomic mass is 9.89. The molecule has 0 unspecified atom stereocenters. The molecular weight excluding hydrogens is 444 g/mol. The number of anilines is 1. The number of hydrogen-bond acceptors (Lipinski definition) is 6. The smallest absolute Gasteiger partial charge is 0.338 e. The van der Waals surface area contributed by atoms with E-state index in [1.54, 1.807) is 0 Å². The third-order valence-electron chi connectivity index (χ3n) is 5.80. The molecule has 0 radical (unpaired) electrons. The van der Waals surface area contributed by atoms with Gasteiger partial charge in [0.25, 0.3) is 0 Å². The van der Waals surface area contributed by atoms with Gasteiger partial charge in [0, 0.05) is 54.0 Å². The number of carbonyl (C=O) groups excluding carboxylic acids is 2. The maximum atomic E-state index is 12.6. The molecule has 2 aromatic rings. The monoisotopic (exact) mass is 470 g/mol. The Hall–Kier alpha value is -4.39. The number of carboxylic acid groups (broad SMARTS) is 1. The highest BCUT2D eigenvalue weighted by molar-refractivity contribution is 6.08. The fourth-order valence-corrected chi connectivity index (χ4v) is 3.99. The van der Waals surface area contributed by atoms with Crippen LogP contribution in [0.25, 0.3) is 33.4 Å². The Morgan fingerprint density at radius 1 is 1.06 bits per heavy atom. The third-order valence-corrected chi connectivity index (χ3v) is 5.80. The summed E-state index contributed by atoms with van der Waals surface area (Å²) in [6.45, 7) is 3.60. The van der Waals surface area contributed by atoms with Crippen LogP contribution >= 0.6 is 0 Å². The molecule has 0 amide bonds. The van der Waals surface area contributed by atoms with Crippen LogP contribution in [0.5, 0.6) is 0 Å². The third kappa shape index (κ3) is 4.53. The molecule has 0 saturated carbocycles. The Bertz CT molecular complexity index is 1510. The van der Waals surface area contributed by atoms with Crippen molar-refractivity contribution < 1.29 is 23.8 Å². The Labute approximate surface area is 203 Å². The summed E-state index contributed by atoms with van der Waals surface area (Å²) in [7, 11) is 7.72. The molecule has 0 N–H and O–H groups in total. The molecule has 1 aliphatic carbocycles. The Morgan fingerprint density at radius 2 is 1.83 bits per heavy atom. The van der Waals surface area contributed by atoms with Gasteiger partial charge in [-0.3, -0.25) is 0 Å². The van der Waals surface area contributed by atoms with Gasteiger partial charge in [-0.05, 0) is 35.9 Å². The van der Waals surface area contributed by atoms with Crippen molar-refractivity contribution in [3.8, 4) is 22.5 Å². The van der Waals surface area contributed by atoms with E-state index >= 15 is 0 Å². The highest BCUT2D eigenvalue weighted by atomic mass is 16.5. The molecule has 7 heteroatoms. The number of rotatable bonds is 6. The van der Waals surface area contributed by atoms with E-state index in [1.807, 2.05) is 74.1 Å².